The Morgan fingerprint density at radius 2 is 1.83 bits per heavy atom. The molecule has 0 N–H and O–H groups in total. The predicted molar refractivity (Wildman–Crippen MR) is 52.8 cm³/mol. The second-order valence-corrected chi connectivity index (χ2v) is 3.32. The Labute approximate surface area is 80.7 Å². The molecule has 1 radical (unpaired) electrons. The van der Waals surface area contributed by atoms with Crippen molar-refractivity contribution in [1.82, 2.24) is 0 Å². The molecule has 0 aliphatic rings. The van der Waals surface area contributed by atoms with Gasteiger partial charge < -0.3 is 0 Å². The van der Waals surface area contributed by atoms with Gasteiger partial charge in [-0.1, -0.05) is 41.4 Å². The van der Waals surface area contributed by atoms with Crippen LogP contribution in [0.25, 0.3) is 10.8 Å². The van der Waals surface area contributed by atoms with E-state index in [9.17, 15) is 0 Å². The smallest absolute Gasteiger partial charge is 0.0492 e. The molecule has 0 bridgehead atoms. The molecule has 2 aromatic carbocycles. The first-order valence-electron chi connectivity index (χ1n) is 3.53. The third kappa shape index (κ3) is 1.28. The number of hydrogen-bond acceptors (Lipinski definition) is 0. The fourth-order valence-corrected chi connectivity index (χ4v) is 1.52. The number of fused-ring (bicyclic) bond motifs is 1. The normalized spacial score (nSPS) is 10.5. The monoisotopic (exact) mass is 195 g/mol. The number of hydrogen-bond donors (Lipinski definition) is 0. The van der Waals surface area contributed by atoms with Gasteiger partial charge in [-0.2, -0.15) is 0 Å². The Balaban J connectivity index is 2.88. The summed E-state index contributed by atoms with van der Waals surface area (Å²) >= 11 is 11.7. The van der Waals surface area contributed by atoms with Crippen molar-refractivity contribution in [1.29, 1.82) is 0 Å². The minimum Gasteiger partial charge on any atom is -0.0836 e. The van der Waals surface area contributed by atoms with Gasteiger partial charge in [0.05, 0.1) is 0 Å². The molecule has 2 aromatic rings. The van der Waals surface area contributed by atoms with Crippen LogP contribution in [0.4, 0.5) is 0 Å². The minimum atomic E-state index is 0.593. The Bertz CT molecular complexity index is 421. The van der Waals surface area contributed by atoms with Crippen LogP contribution in [0.15, 0.2) is 30.3 Å². The van der Waals surface area contributed by atoms with E-state index in [1.54, 1.807) is 6.07 Å². The van der Waals surface area contributed by atoms with Crippen LogP contribution in [-0.4, -0.2) is 0 Å². The van der Waals surface area contributed by atoms with Gasteiger partial charge in [0.15, 0.2) is 0 Å². The first kappa shape index (κ1) is 7.90. The molecule has 0 aliphatic carbocycles. The molecule has 0 aliphatic heterocycles. The summed E-state index contributed by atoms with van der Waals surface area (Å²) in [6.07, 6.45) is 0. The van der Waals surface area contributed by atoms with E-state index in [0.29, 0.717) is 10.0 Å². The van der Waals surface area contributed by atoms with Gasteiger partial charge in [0.25, 0.3) is 0 Å². The SMILES string of the molecule is Clc1[c]c2c(Cl)cccc2cc1. The summed E-state index contributed by atoms with van der Waals surface area (Å²) in [5.41, 5.74) is 0. The number of rotatable bonds is 0. The van der Waals surface area contributed by atoms with Crippen molar-refractivity contribution in [3.8, 4) is 0 Å². The Kier molecular flexibility index (Phi) is 1.95. The Hall–Kier alpha value is -0.720. The molecule has 0 saturated carbocycles. The quantitative estimate of drug-likeness (QED) is 0.598. The zero-order valence-electron chi connectivity index (χ0n) is 6.14. The highest BCUT2D eigenvalue weighted by Crippen LogP contribution is 2.25. The Morgan fingerprint density at radius 1 is 1.00 bits per heavy atom. The summed E-state index contributed by atoms with van der Waals surface area (Å²) in [4.78, 5) is 0. The maximum atomic E-state index is 5.94. The molecule has 0 amide bonds. The second kappa shape index (κ2) is 2.96. The summed E-state index contributed by atoms with van der Waals surface area (Å²) in [6.45, 7) is 0. The van der Waals surface area contributed by atoms with Crippen molar-refractivity contribution in [3.05, 3.63) is 46.4 Å². The number of benzene rings is 2. The molecule has 0 heterocycles. The summed E-state index contributed by atoms with van der Waals surface area (Å²) in [6, 6.07) is 12.4. The average Bonchev–Trinajstić information content (AvgIpc) is 2.07. The molecule has 12 heavy (non-hydrogen) atoms. The van der Waals surface area contributed by atoms with E-state index in [-0.39, 0.29) is 0 Å². The second-order valence-electron chi connectivity index (χ2n) is 2.51. The molecule has 2 rings (SSSR count). The van der Waals surface area contributed by atoms with Crippen LogP contribution >= 0.6 is 23.2 Å². The van der Waals surface area contributed by atoms with E-state index < -0.39 is 0 Å². The van der Waals surface area contributed by atoms with E-state index in [0.717, 1.165) is 10.8 Å². The van der Waals surface area contributed by atoms with E-state index in [4.69, 9.17) is 23.2 Å². The van der Waals surface area contributed by atoms with E-state index in [1.807, 2.05) is 24.3 Å². The zero-order chi connectivity index (χ0) is 8.55. The molecular weight excluding hydrogens is 191 g/mol. The average molecular weight is 196 g/mol. The third-order valence-corrected chi connectivity index (χ3v) is 2.23. The molecule has 0 saturated heterocycles. The van der Waals surface area contributed by atoms with Gasteiger partial charge in [0.2, 0.25) is 0 Å². The van der Waals surface area contributed by atoms with Crippen LogP contribution in [0, 0.1) is 6.07 Å². The molecule has 2 heteroatoms. The van der Waals surface area contributed by atoms with Crippen molar-refractivity contribution in [3.63, 3.8) is 0 Å². The topological polar surface area (TPSA) is 0 Å². The lowest BCUT2D eigenvalue weighted by molar-refractivity contribution is 1.73. The summed E-state index contributed by atoms with van der Waals surface area (Å²) in [7, 11) is 0. The first-order chi connectivity index (χ1) is 5.77. The summed E-state index contributed by atoms with van der Waals surface area (Å²) < 4.78 is 0. The van der Waals surface area contributed by atoms with Crippen molar-refractivity contribution >= 4 is 34.0 Å². The van der Waals surface area contributed by atoms with Crippen molar-refractivity contribution in [2.24, 2.45) is 0 Å². The van der Waals surface area contributed by atoms with Crippen LogP contribution in [-0.2, 0) is 0 Å². The van der Waals surface area contributed by atoms with Gasteiger partial charge in [-0.05, 0) is 17.5 Å². The summed E-state index contributed by atoms with van der Waals surface area (Å²) in [5, 5.41) is 3.23. The van der Waals surface area contributed by atoms with Crippen molar-refractivity contribution in [2.75, 3.05) is 0 Å². The number of halogens is 2. The van der Waals surface area contributed by atoms with Crippen LogP contribution in [0.3, 0.4) is 0 Å². The molecule has 0 fully saturated rings. The van der Waals surface area contributed by atoms with Gasteiger partial charge >= 0.3 is 0 Å². The zero-order valence-corrected chi connectivity index (χ0v) is 7.65. The van der Waals surface area contributed by atoms with Gasteiger partial charge in [0, 0.05) is 21.5 Å². The van der Waals surface area contributed by atoms with Crippen molar-refractivity contribution < 1.29 is 0 Å². The third-order valence-electron chi connectivity index (χ3n) is 1.70. The van der Waals surface area contributed by atoms with E-state index >= 15 is 0 Å². The minimum absolute atomic E-state index is 0.593. The lowest BCUT2D eigenvalue weighted by atomic mass is 10.1. The van der Waals surface area contributed by atoms with Crippen molar-refractivity contribution in [2.45, 2.75) is 0 Å². The Morgan fingerprint density at radius 3 is 2.67 bits per heavy atom. The van der Waals surface area contributed by atoms with E-state index in [1.165, 1.54) is 0 Å². The molecule has 0 spiro atoms. The van der Waals surface area contributed by atoms with Crippen LogP contribution < -0.4 is 0 Å². The maximum absolute atomic E-state index is 5.94. The largest absolute Gasteiger partial charge is 0.0836 e. The summed E-state index contributed by atoms with van der Waals surface area (Å²) in [5.74, 6) is 0. The van der Waals surface area contributed by atoms with E-state index in [2.05, 4.69) is 6.07 Å². The molecule has 0 aromatic heterocycles. The van der Waals surface area contributed by atoms with Crippen LogP contribution in [0.5, 0.6) is 0 Å². The highest BCUT2D eigenvalue weighted by atomic mass is 35.5. The lowest BCUT2D eigenvalue weighted by Gasteiger charge is -1.98. The molecule has 0 unspecified atom stereocenters. The highest BCUT2D eigenvalue weighted by Gasteiger charge is 1.98. The highest BCUT2D eigenvalue weighted by molar-refractivity contribution is 6.36. The fourth-order valence-electron chi connectivity index (χ4n) is 1.14. The van der Waals surface area contributed by atoms with Gasteiger partial charge in [-0.15, -0.1) is 0 Å². The molecule has 0 nitrogen and oxygen atoms in total. The molecule has 0 atom stereocenters. The first-order valence-corrected chi connectivity index (χ1v) is 4.29. The maximum Gasteiger partial charge on any atom is 0.0492 e. The van der Waals surface area contributed by atoms with Crippen LogP contribution in [0.2, 0.25) is 10.0 Å². The van der Waals surface area contributed by atoms with Gasteiger partial charge in [0.1, 0.15) is 0 Å². The van der Waals surface area contributed by atoms with Gasteiger partial charge in [-0.25, -0.2) is 0 Å². The lowest BCUT2D eigenvalue weighted by Crippen LogP contribution is -1.73. The van der Waals surface area contributed by atoms with Crippen LogP contribution in [0.1, 0.15) is 0 Å². The predicted octanol–water partition coefficient (Wildman–Crippen LogP) is 3.95. The fraction of sp³-hybridized carbons (Fsp3) is 0. The standard InChI is InChI=1S/C10H5Cl2/c11-8-5-4-7-2-1-3-10(12)9(7)6-8/h1-5H. The molecule has 59 valence electrons. The molecular formula is C10H5Cl2. The van der Waals surface area contributed by atoms with Gasteiger partial charge in [-0.3, -0.25) is 0 Å².